The Hall–Kier alpha value is -3.80. The van der Waals surface area contributed by atoms with Crippen LogP contribution in [0.2, 0.25) is 0 Å². The van der Waals surface area contributed by atoms with Gasteiger partial charge < -0.3 is 24.9 Å². The minimum Gasteiger partial charge on any atom is -0.480 e. The van der Waals surface area contributed by atoms with Gasteiger partial charge in [0.1, 0.15) is 23.4 Å². The van der Waals surface area contributed by atoms with Gasteiger partial charge in [-0.15, -0.1) is 0 Å². The van der Waals surface area contributed by atoms with Gasteiger partial charge >= 0.3 is 17.9 Å². The minimum atomic E-state index is -1.12. The summed E-state index contributed by atoms with van der Waals surface area (Å²) in [5.74, 6) is -2.59. The number of carboxylic acid groups (broad SMARTS) is 1. The standard InChI is InChI=1S/C19H20FN5O6/c1-30-18(28)14-8-15(19(29)31-2)25(24-14)6-5-21-13(17(26)27)9-16-22-11-4-3-10(20)7-12(11)23-16/h3-4,7-8,13,21H,5-6,9H2,1-2H3,(H,22,23)(H,26,27). The number of fused-ring (bicyclic) bond motifs is 1. The van der Waals surface area contributed by atoms with E-state index in [1.54, 1.807) is 0 Å². The van der Waals surface area contributed by atoms with Crippen LogP contribution in [0.5, 0.6) is 0 Å². The maximum atomic E-state index is 13.3. The number of carbonyl (C=O) groups excluding carboxylic acids is 2. The molecule has 0 bridgehead atoms. The quantitative estimate of drug-likeness (QED) is 0.416. The topological polar surface area (TPSA) is 148 Å². The molecule has 31 heavy (non-hydrogen) atoms. The van der Waals surface area contributed by atoms with E-state index >= 15 is 0 Å². The number of imidazole rings is 1. The van der Waals surface area contributed by atoms with E-state index in [1.807, 2.05) is 0 Å². The first-order chi connectivity index (χ1) is 14.8. The molecule has 0 aliphatic heterocycles. The lowest BCUT2D eigenvalue weighted by Gasteiger charge is -2.14. The molecule has 12 heteroatoms. The minimum absolute atomic E-state index is 0.0159. The fourth-order valence-electron chi connectivity index (χ4n) is 2.98. The van der Waals surface area contributed by atoms with Crippen molar-refractivity contribution in [1.82, 2.24) is 25.1 Å². The van der Waals surface area contributed by atoms with Crippen LogP contribution in [0.15, 0.2) is 24.3 Å². The Labute approximate surface area is 175 Å². The number of carboxylic acids is 1. The molecule has 0 saturated carbocycles. The van der Waals surface area contributed by atoms with Crippen LogP contribution in [0.4, 0.5) is 4.39 Å². The average molecular weight is 433 g/mol. The first-order valence-corrected chi connectivity index (χ1v) is 9.17. The Morgan fingerprint density at radius 1 is 1.23 bits per heavy atom. The Kier molecular flexibility index (Phi) is 6.60. The number of halogens is 1. The highest BCUT2D eigenvalue weighted by Crippen LogP contribution is 2.14. The Balaban J connectivity index is 1.69. The second-order valence-corrected chi connectivity index (χ2v) is 6.52. The van der Waals surface area contributed by atoms with Crippen molar-refractivity contribution in [2.24, 2.45) is 0 Å². The van der Waals surface area contributed by atoms with Gasteiger partial charge in [0, 0.05) is 19.0 Å². The average Bonchev–Trinajstić information content (AvgIpc) is 3.35. The molecule has 0 aliphatic rings. The van der Waals surface area contributed by atoms with E-state index in [-0.39, 0.29) is 30.9 Å². The summed E-state index contributed by atoms with van der Waals surface area (Å²) in [6.45, 7) is 0.189. The molecule has 11 nitrogen and oxygen atoms in total. The van der Waals surface area contributed by atoms with Gasteiger partial charge in [0.25, 0.3) is 0 Å². The van der Waals surface area contributed by atoms with E-state index in [9.17, 15) is 23.9 Å². The molecule has 2 aromatic heterocycles. The van der Waals surface area contributed by atoms with Gasteiger partial charge in [-0.3, -0.25) is 9.48 Å². The maximum Gasteiger partial charge on any atom is 0.358 e. The maximum absolute atomic E-state index is 13.3. The fourth-order valence-corrected chi connectivity index (χ4v) is 2.98. The molecule has 164 valence electrons. The molecule has 0 radical (unpaired) electrons. The smallest absolute Gasteiger partial charge is 0.358 e. The molecule has 3 aromatic rings. The number of aromatic amines is 1. The summed E-state index contributed by atoms with van der Waals surface area (Å²) >= 11 is 0. The van der Waals surface area contributed by atoms with Crippen LogP contribution < -0.4 is 5.32 Å². The molecule has 1 atom stereocenters. The Morgan fingerprint density at radius 3 is 2.65 bits per heavy atom. The number of nitrogens with zero attached hydrogens (tertiary/aromatic N) is 3. The first-order valence-electron chi connectivity index (χ1n) is 9.17. The second-order valence-electron chi connectivity index (χ2n) is 6.52. The predicted octanol–water partition coefficient (Wildman–Crippen LogP) is 0.757. The van der Waals surface area contributed by atoms with E-state index in [4.69, 9.17) is 0 Å². The van der Waals surface area contributed by atoms with Gasteiger partial charge in [-0.25, -0.2) is 19.0 Å². The van der Waals surface area contributed by atoms with Crippen molar-refractivity contribution in [2.45, 2.75) is 19.0 Å². The van der Waals surface area contributed by atoms with Crippen LogP contribution in [0.3, 0.4) is 0 Å². The monoisotopic (exact) mass is 433 g/mol. The third-order valence-electron chi connectivity index (χ3n) is 4.47. The molecular formula is C19H20FN5O6. The molecule has 3 rings (SSSR count). The number of methoxy groups -OCH3 is 2. The summed E-state index contributed by atoms with van der Waals surface area (Å²) < 4.78 is 23.8. The summed E-state index contributed by atoms with van der Waals surface area (Å²) in [4.78, 5) is 42.4. The number of nitrogens with one attached hydrogen (secondary N) is 2. The zero-order chi connectivity index (χ0) is 22.5. The highest BCUT2D eigenvalue weighted by Gasteiger charge is 2.22. The van der Waals surface area contributed by atoms with Crippen LogP contribution in [-0.4, -0.2) is 69.6 Å². The van der Waals surface area contributed by atoms with Gasteiger partial charge in [0.15, 0.2) is 5.69 Å². The summed E-state index contributed by atoms with van der Waals surface area (Å²) in [6.07, 6.45) is 0.0159. The highest BCUT2D eigenvalue weighted by atomic mass is 19.1. The number of aromatic nitrogens is 4. The summed E-state index contributed by atoms with van der Waals surface area (Å²) in [7, 11) is 2.38. The van der Waals surface area contributed by atoms with Crippen LogP contribution >= 0.6 is 0 Å². The normalized spacial score (nSPS) is 12.0. The van der Waals surface area contributed by atoms with Gasteiger partial charge in [0.05, 0.1) is 31.8 Å². The number of rotatable bonds is 9. The van der Waals surface area contributed by atoms with Crippen LogP contribution in [0, 0.1) is 5.82 Å². The molecular weight excluding hydrogens is 413 g/mol. The van der Waals surface area contributed by atoms with Crippen molar-refractivity contribution in [1.29, 1.82) is 0 Å². The lowest BCUT2D eigenvalue weighted by Crippen LogP contribution is -2.40. The molecule has 0 saturated heterocycles. The number of esters is 2. The van der Waals surface area contributed by atoms with Crippen molar-refractivity contribution in [3.05, 3.63) is 47.3 Å². The summed E-state index contributed by atoms with van der Waals surface area (Å²) in [6, 6.07) is 4.27. The number of ether oxygens (including phenoxy) is 2. The van der Waals surface area contributed by atoms with Crippen molar-refractivity contribution in [2.75, 3.05) is 20.8 Å². The fraction of sp³-hybridized carbons (Fsp3) is 0.316. The second kappa shape index (κ2) is 9.34. The number of aliphatic carboxylic acids is 1. The Bertz CT molecular complexity index is 1120. The largest absolute Gasteiger partial charge is 0.480 e. The molecule has 2 heterocycles. The number of hydrogen-bond acceptors (Lipinski definition) is 8. The zero-order valence-electron chi connectivity index (χ0n) is 16.7. The summed E-state index contributed by atoms with van der Waals surface area (Å²) in [5.41, 5.74) is 0.937. The SMILES string of the molecule is COC(=O)c1cc(C(=O)OC)n(CCNC(Cc2nc3ccc(F)cc3[nH]2)C(=O)O)n1. The molecule has 0 aliphatic carbocycles. The van der Waals surface area contributed by atoms with Gasteiger partial charge in [-0.1, -0.05) is 0 Å². The molecule has 0 fully saturated rings. The van der Waals surface area contributed by atoms with Crippen LogP contribution in [0.1, 0.15) is 26.8 Å². The molecule has 3 N–H and O–H groups in total. The van der Waals surface area contributed by atoms with Crippen molar-refractivity contribution >= 4 is 28.9 Å². The lowest BCUT2D eigenvalue weighted by molar-refractivity contribution is -0.139. The van der Waals surface area contributed by atoms with E-state index in [1.165, 1.54) is 43.2 Å². The van der Waals surface area contributed by atoms with Gasteiger partial charge in [0.2, 0.25) is 0 Å². The van der Waals surface area contributed by atoms with Gasteiger partial charge in [-0.05, 0) is 18.2 Å². The van der Waals surface area contributed by atoms with Crippen LogP contribution in [0.25, 0.3) is 11.0 Å². The Morgan fingerprint density at radius 2 is 1.97 bits per heavy atom. The summed E-state index contributed by atoms with van der Waals surface area (Å²) in [5, 5.41) is 16.4. The van der Waals surface area contributed by atoms with E-state index in [0.29, 0.717) is 16.9 Å². The number of hydrogen-bond donors (Lipinski definition) is 3. The predicted molar refractivity (Wildman–Crippen MR) is 104 cm³/mol. The van der Waals surface area contributed by atoms with Crippen molar-refractivity contribution < 1.29 is 33.4 Å². The number of H-pyrrole nitrogens is 1. The van der Waals surface area contributed by atoms with E-state index in [0.717, 1.165) is 0 Å². The first kappa shape index (κ1) is 21.9. The van der Waals surface area contributed by atoms with Gasteiger partial charge in [-0.2, -0.15) is 5.10 Å². The van der Waals surface area contributed by atoms with Crippen LogP contribution in [-0.2, 0) is 27.2 Å². The van der Waals surface area contributed by atoms with E-state index in [2.05, 4.69) is 29.9 Å². The van der Waals surface area contributed by atoms with E-state index < -0.39 is 29.8 Å². The number of carbonyl (C=O) groups is 3. The number of benzene rings is 1. The molecule has 0 spiro atoms. The third kappa shape index (κ3) is 5.04. The molecule has 0 amide bonds. The third-order valence-corrected chi connectivity index (χ3v) is 4.47. The zero-order valence-corrected chi connectivity index (χ0v) is 16.7. The lowest BCUT2D eigenvalue weighted by atomic mass is 10.2. The molecule has 1 aromatic carbocycles. The highest BCUT2D eigenvalue weighted by molar-refractivity contribution is 5.93. The van der Waals surface area contributed by atoms with Crippen molar-refractivity contribution in [3.8, 4) is 0 Å². The van der Waals surface area contributed by atoms with Crippen molar-refractivity contribution in [3.63, 3.8) is 0 Å². The molecule has 1 unspecified atom stereocenters.